The molecule has 0 rings (SSSR count). The number of nitrogens with one attached hydrogen (secondary N) is 1. The summed E-state index contributed by atoms with van der Waals surface area (Å²) in [6, 6.07) is -0.541. The summed E-state index contributed by atoms with van der Waals surface area (Å²) in [5, 5.41) is 23.3. The number of aliphatic hydroxyl groups excluding tert-OH is 2. The zero-order valence-electron chi connectivity index (χ0n) is 50.4. The number of ether oxygens (including phenoxy) is 1. The van der Waals surface area contributed by atoms with Crippen LogP contribution in [-0.4, -0.2) is 47.4 Å². The van der Waals surface area contributed by atoms with Crippen molar-refractivity contribution in [3.63, 3.8) is 0 Å². The van der Waals surface area contributed by atoms with E-state index < -0.39 is 12.1 Å². The Morgan fingerprint density at radius 2 is 0.635 bits per heavy atom. The van der Waals surface area contributed by atoms with Crippen LogP contribution in [-0.2, 0) is 14.3 Å². The lowest BCUT2D eigenvalue weighted by Gasteiger charge is -2.22. The maximum Gasteiger partial charge on any atom is 0.305 e. The molecule has 6 heteroatoms. The van der Waals surface area contributed by atoms with E-state index in [1.807, 2.05) is 0 Å². The Hall–Kier alpha value is -1.40. The van der Waals surface area contributed by atoms with Crippen LogP contribution in [0.4, 0.5) is 0 Å². The molecule has 0 aliphatic carbocycles. The van der Waals surface area contributed by atoms with Gasteiger partial charge in [0.1, 0.15) is 0 Å². The molecule has 0 aliphatic rings. The molecule has 74 heavy (non-hydrogen) atoms. The Bertz CT molecular complexity index is 1110. The molecule has 0 bridgehead atoms. The van der Waals surface area contributed by atoms with E-state index in [1.165, 1.54) is 315 Å². The Kier molecular flexibility index (Phi) is 62.9. The van der Waals surface area contributed by atoms with Gasteiger partial charge in [-0.05, 0) is 51.4 Å². The third-order valence-corrected chi connectivity index (χ3v) is 16.1. The summed E-state index contributed by atoms with van der Waals surface area (Å²) < 4.78 is 5.50. The molecule has 0 aliphatic heterocycles. The number of hydrogen-bond acceptors (Lipinski definition) is 5. The molecule has 0 radical (unpaired) electrons. The monoisotopic (exact) mass is 1040 g/mol. The van der Waals surface area contributed by atoms with Gasteiger partial charge in [-0.15, -0.1) is 0 Å². The van der Waals surface area contributed by atoms with Crippen LogP contribution >= 0.6 is 0 Å². The fourth-order valence-corrected chi connectivity index (χ4v) is 10.9. The van der Waals surface area contributed by atoms with E-state index in [0.717, 1.165) is 38.5 Å². The molecule has 0 aromatic heterocycles. The lowest BCUT2D eigenvalue weighted by Crippen LogP contribution is -2.45. The summed E-state index contributed by atoms with van der Waals surface area (Å²) in [5.41, 5.74) is 0. The van der Waals surface area contributed by atoms with Crippen LogP contribution in [0.15, 0.2) is 12.2 Å². The predicted octanol–water partition coefficient (Wildman–Crippen LogP) is 21.6. The maximum atomic E-state index is 12.5. The van der Waals surface area contributed by atoms with Crippen molar-refractivity contribution in [3.8, 4) is 0 Å². The molecule has 2 unspecified atom stereocenters. The summed E-state index contributed by atoms with van der Waals surface area (Å²) >= 11 is 0. The second-order valence-corrected chi connectivity index (χ2v) is 23.5. The summed E-state index contributed by atoms with van der Waals surface area (Å²) in [4.78, 5) is 24.6. The van der Waals surface area contributed by atoms with Crippen molar-refractivity contribution in [2.24, 2.45) is 0 Å². The lowest BCUT2D eigenvalue weighted by atomic mass is 10.0. The quantitative estimate of drug-likeness (QED) is 0.0320. The van der Waals surface area contributed by atoms with Crippen molar-refractivity contribution in [1.82, 2.24) is 5.32 Å². The summed E-state index contributed by atoms with van der Waals surface area (Å²) in [6.07, 6.45) is 78.2. The first-order valence-electron chi connectivity index (χ1n) is 33.9. The van der Waals surface area contributed by atoms with Crippen LogP contribution in [0.2, 0.25) is 0 Å². The van der Waals surface area contributed by atoms with Crippen LogP contribution in [0.3, 0.4) is 0 Å². The highest BCUT2D eigenvalue weighted by atomic mass is 16.5. The van der Waals surface area contributed by atoms with E-state index >= 15 is 0 Å². The van der Waals surface area contributed by atoms with Crippen LogP contribution in [0, 0.1) is 0 Å². The number of allylic oxidation sites excluding steroid dienone is 2. The van der Waals surface area contributed by atoms with Crippen molar-refractivity contribution >= 4 is 11.9 Å². The van der Waals surface area contributed by atoms with Gasteiger partial charge in [0.15, 0.2) is 0 Å². The molecule has 0 heterocycles. The summed E-state index contributed by atoms with van der Waals surface area (Å²) in [7, 11) is 0. The Balaban J connectivity index is 3.36. The van der Waals surface area contributed by atoms with Gasteiger partial charge < -0.3 is 20.3 Å². The third kappa shape index (κ3) is 59.8. The molecule has 0 aromatic rings. The topological polar surface area (TPSA) is 95.9 Å². The van der Waals surface area contributed by atoms with Crippen molar-refractivity contribution < 1.29 is 24.5 Å². The van der Waals surface area contributed by atoms with Gasteiger partial charge in [0.25, 0.3) is 0 Å². The van der Waals surface area contributed by atoms with Gasteiger partial charge in [-0.2, -0.15) is 0 Å². The van der Waals surface area contributed by atoms with Gasteiger partial charge in [0.05, 0.1) is 25.4 Å². The van der Waals surface area contributed by atoms with E-state index in [2.05, 4.69) is 31.3 Å². The fraction of sp³-hybridized carbons (Fsp3) is 0.941. The minimum absolute atomic E-state index is 0.0189. The smallest absolute Gasteiger partial charge is 0.305 e. The van der Waals surface area contributed by atoms with Crippen LogP contribution in [0.1, 0.15) is 386 Å². The molecular weight excluding hydrogens is 911 g/mol. The van der Waals surface area contributed by atoms with Crippen molar-refractivity contribution in [2.45, 2.75) is 398 Å². The highest BCUT2D eigenvalue weighted by molar-refractivity contribution is 5.76. The normalized spacial score (nSPS) is 12.5. The first-order chi connectivity index (χ1) is 36.5. The Morgan fingerprint density at radius 1 is 0.365 bits per heavy atom. The molecule has 0 saturated heterocycles. The van der Waals surface area contributed by atoms with Gasteiger partial charge in [0, 0.05) is 12.8 Å². The van der Waals surface area contributed by atoms with E-state index in [1.54, 1.807) is 0 Å². The van der Waals surface area contributed by atoms with Crippen LogP contribution in [0.5, 0.6) is 0 Å². The highest BCUT2D eigenvalue weighted by Gasteiger charge is 2.20. The molecule has 0 fully saturated rings. The SMILES string of the molecule is CCCCCCCCCCCCCCCCCC(=O)OCCCCCCCCCCCCCC/C=C\CCCCCCCCCCCCCC(=O)NC(CO)C(O)CCCCCCCCCCCCCCCCC. The van der Waals surface area contributed by atoms with Gasteiger partial charge in [-0.1, -0.05) is 334 Å². The number of rotatable bonds is 64. The number of carbonyl (C=O) groups is 2. The zero-order valence-corrected chi connectivity index (χ0v) is 50.4. The number of aliphatic hydroxyl groups is 2. The minimum atomic E-state index is -0.664. The minimum Gasteiger partial charge on any atom is -0.466 e. The van der Waals surface area contributed by atoms with Gasteiger partial charge >= 0.3 is 5.97 Å². The Labute approximate surface area is 463 Å². The number of hydrogen-bond donors (Lipinski definition) is 3. The van der Waals surface area contributed by atoms with Crippen LogP contribution in [0.25, 0.3) is 0 Å². The number of amides is 1. The molecular formula is C68H133NO5. The number of carbonyl (C=O) groups excluding carboxylic acids is 2. The lowest BCUT2D eigenvalue weighted by molar-refractivity contribution is -0.143. The molecule has 0 aromatic carbocycles. The largest absolute Gasteiger partial charge is 0.466 e. The standard InChI is InChI=1S/C68H133NO5/c1-3-5-7-9-11-13-15-17-32-36-40-44-48-52-56-60-66(71)65(64-70)69-67(72)61-57-53-49-45-41-37-34-30-28-26-24-22-20-19-21-23-25-27-29-31-35-39-43-47-51-55-59-63-74-68(73)62-58-54-50-46-42-38-33-18-16-14-12-10-8-6-4-2/h19-20,65-66,70-71H,3-18,21-64H2,1-2H3,(H,69,72)/b20-19-. The van der Waals surface area contributed by atoms with Crippen molar-refractivity contribution in [2.75, 3.05) is 13.2 Å². The Morgan fingerprint density at radius 3 is 0.959 bits per heavy atom. The maximum absolute atomic E-state index is 12.5. The first kappa shape index (κ1) is 72.6. The second-order valence-electron chi connectivity index (χ2n) is 23.5. The molecule has 440 valence electrons. The molecule has 2 atom stereocenters. The second kappa shape index (κ2) is 64.1. The zero-order chi connectivity index (χ0) is 53.6. The molecule has 6 nitrogen and oxygen atoms in total. The van der Waals surface area contributed by atoms with Gasteiger partial charge in [0.2, 0.25) is 5.91 Å². The fourth-order valence-electron chi connectivity index (χ4n) is 10.9. The van der Waals surface area contributed by atoms with Gasteiger partial charge in [-0.25, -0.2) is 0 Å². The molecule has 0 saturated carbocycles. The summed E-state index contributed by atoms with van der Waals surface area (Å²) in [5.74, 6) is -0.0139. The van der Waals surface area contributed by atoms with Crippen LogP contribution < -0.4 is 5.32 Å². The first-order valence-corrected chi connectivity index (χ1v) is 33.9. The number of unbranched alkanes of at least 4 members (excludes halogenated alkanes) is 51. The summed E-state index contributed by atoms with van der Waals surface area (Å²) in [6.45, 7) is 4.99. The van der Waals surface area contributed by atoms with Gasteiger partial charge in [-0.3, -0.25) is 9.59 Å². The van der Waals surface area contributed by atoms with E-state index in [4.69, 9.17) is 4.74 Å². The predicted molar refractivity (Wildman–Crippen MR) is 324 cm³/mol. The van der Waals surface area contributed by atoms with E-state index in [0.29, 0.717) is 25.9 Å². The number of esters is 1. The molecule has 3 N–H and O–H groups in total. The average molecular weight is 1040 g/mol. The van der Waals surface area contributed by atoms with E-state index in [9.17, 15) is 19.8 Å². The van der Waals surface area contributed by atoms with Crippen molar-refractivity contribution in [3.05, 3.63) is 12.2 Å². The average Bonchev–Trinajstić information content (AvgIpc) is 3.40. The molecule has 0 spiro atoms. The highest BCUT2D eigenvalue weighted by Crippen LogP contribution is 2.19. The van der Waals surface area contributed by atoms with E-state index in [-0.39, 0.29) is 18.5 Å². The third-order valence-electron chi connectivity index (χ3n) is 16.1. The molecule has 1 amide bonds. The van der Waals surface area contributed by atoms with Crippen molar-refractivity contribution in [1.29, 1.82) is 0 Å².